The maximum atomic E-state index is 13.7. The number of rotatable bonds is 29. The zero-order chi connectivity index (χ0) is 62.1. The van der Waals surface area contributed by atoms with Crippen molar-refractivity contribution in [2.24, 2.45) is 11.8 Å². The van der Waals surface area contributed by atoms with Crippen LogP contribution in [-0.4, -0.2) is 214 Å². The number of nitrogens with one attached hydrogen (secondary N) is 2. The highest BCUT2D eigenvalue weighted by molar-refractivity contribution is 7.99. The first-order valence-corrected chi connectivity index (χ1v) is 32.2. The highest BCUT2D eigenvalue weighted by Crippen LogP contribution is 2.34. The van der Waals surface area contributed by atoms with E-state index in [-0.39, 0.29) is 25.4 Å². The molecule has 0 aliphatic carbocycles. The molecule has 0 aromatic heterocycles. The Morgan fingerprint density at radius 1 is 0.581 bits per heavy atom. The Morgan fingerprint density at radius 3 is 1.48 bits per heavy atom. The summed E-state index contributed by atoms with van der Waals surface area (Å²) in [5.41, 5.74) is 4.49. The molecule has 0 saturated carbocycles. The van der Waals surface area contributed by atoms with Crippen molar-refractivity contribution in [3.63, 3.8) is 0 Å². The zero-order valence-electron chi connectivity index (χ0n) is 51.2. The van der Waals surface area contributed by atoms with Gasteiger partial charge in [-0.25, -0.2) is 19.2 Å². The molecule has 24 heteroatoms. The highest BCUT2D eigenvalue weighted by Gasteiger charge is 2.37. The molecule has 3 atom stereocenters. The maximum Gasteiger partial charge on any atom is 0.336 e. The van der Waals surface area contributed by atoms with Gasteiger partial charge in [0, 0.05) is 135 Å². The van der Waals surface area contributed by atoms with Crippen LogP contribution < -0.4 is 15.4 Å². The van der Waals surface area contributed by atoms with Crippen molar-refractivity contribution in [2.45, 2.75) is 84.3 Å². The van der Waals surface area contributed by atoms with E-state index < -0.39 is 35.7 Å². The zero-order valence-corrected chi connectivity index (χ0v) is 55.0. The lowest BCUT2D eigenvalue weighted by molar-refractivity contribution is -0.149. The van der Waals surface area contributed by atoms with E-state index >= 15 is 0 Å². The highest BCUT2D eigenvalue weighted by atomic mass is 35.5. The van der Waals surface area contributed by atoms with Gasteiger partial charge in [-0.05, 0) is 96.5 Å². The predicted octanol–water partition coefficient (Wildman–Crippen LogP) is 9.08. The molecule has 3 unspecified atom stereocenters. The first-order chi connectivity index (χ1) is 41.3. The number of carbonyl (C=O) groups excluding carboxylic acids is 4. The SMILES string of the molecule is CC1=C(C(=O)OCCCCOc2ccc(Cl)c(Cl)c2)C(C)C(C(=O)OC(CN2CCOCC2)CN2CCOCC2)=C(C)N1.COCCN(C)CC(CN1CCOCC1)OC(=O)C1=C(C)NC(C)=C(C(=O)OCCCCSc2cc(Cl)cc(Cl)c2)C1C. The van der Waals surface area contributed by atoms with Gasteiger partial charge in [-0.15, -0.1) is 11.8 Å². The summed E-state index contributed by atoms with van der Waals surface area (Å²) >= 11 is 25.8. The van der Waals surface area contributed by atoms with Crippen LogP contribution in [0.1, 0.15) is 67.2 Å². The number of carbonyl (C=O) groups is 4. The number of benzene rings is 2. The van der Waals surface area contributed by atoms with Gasteiger partial charge in [0.2, 0.25) is 0 Å². The molecule has 0 spiro atoms. The lowest BCUT2D eigenvalue weighted by atomic mass is 9.87. The molecule has 3 fully saturated rings. The minimum Gasteiger partial charge on any atom is -0.494 e. The number of esters is 4. The Labute approximate surface area is 532 Å². The van der Waals surface area contributed by atoms with Crippen molar-refractivity contribution in [1.29, 1.82) is 0 Å². The fourth-order valence-corrected chi connectivity index (χ4v) is 12.7. The molecule has 5 aliphatic heterocycles. The van der Waals surface area contributed by atoms with Gasteiger partial charge in [0.15, 0.2) is 0 Å². The Hall–Kier alpha value is -4.13. The normalized spacial score (nSPS) is 19.4. The molecule has 0 bridgehead atoms. The van der Waals surface area contributed by atoms with Crippen molar-refractivity contribution >= 4 is 82.0 Å². The average Bonchev–Trinajstić information content (AvgIpc) is 2.64. The van der Waals surface area contributed by atoms with Crippen LogP contribution >= 0.6 is 58.2 Å². The Morgan fingerprint density at radius 2 is 1.01 bits per heavy atom. The second-order valence-corrected chi connectivity index (χ2v) is 24.8. The summed E-state index contributed by atoms with van der Waals surface area (Å²) < 4.78 is 51.0. The molecule has 2 aromatic rings. The minimum absolute atomic E-state index is 0.233. The van der Waals surface area contributed by atoms with Crippen molar-refractivity contribution in [3.8, 4) is 5.75 Å². The molecule has 0 radical (unpaired) electrons. The molecule has 2 N–H and O–H groups in total. The smallest absolute Gasteiger partial charge is 0.336 e. The van der Waals surface area contributed by atoms with Crippen LogP contribution in [0.15, 0.2) is 86.4 Å². The van der Waals surface area contributed by atoms with Crippen LogP contribution in [0.4, 0.5) is 0 Å². The van der Waals surface area contributed by atoms with E-state index in [4.69, 9.17) is 89.0 Å². The molecule has 3 saturated heterocycles. The number of morpholine rings is 3. The number of nitrogens with zero attached hydrogens (tertiary/aromatic N) is 4. The van der Waals surface area contributed by atoms with Gasteiger partial charge in [0.25, 0.3) is 0 Å². The largest absolute Gasteiger partial charge is 0.494 e. The molecule has 7 rings (SSSR count). The number of likely N-dealkylation sites (N-methyl/N-ethyl adjacent to an activating group) is 1. The van der Waals surface area contributed by atoms with Crippen LogP contribution in [0.25, 0.3) is 0 Å². The fraction of sp³-hybridized carbons (Fsp3) is 0.613. The second-order valence-electron chi connectivity index (χ2n) is 22.0. The number of allylic oxidation sites excluding steroid dienone is 4. The van der Waals surface area contributed by atoms with Crippen molar-refractivity contribution in [2.75, 3.05) is 158 Å². The standard InChI is InChI=1S/C31H43Cl2N3O7.C31H45Cl2N3O6S/c1-21-28(30(37)42-13-5-4-12-41-24-6-7-26(32)27(33)18-24)22(2)34-23(3)29(21)31(38)43-25(19-35-8-14-39-15-9-35)20-36-10-16-40-17-11-36;1-21-28(30(37)41-11-6-7-15-43-27-17-24(32)16-25(33)18-27)22(2)34-23(3)29(21)31(38)42-26(19-35(4)8-12-39-5)20-36-9-13-40-14-10-36/h6-7,18,21,25,34H,4-5,8-17,19-20H2,1-3H3;16-18,21,26,34H,6-15,19-20H2,1-5H3. The molecule has 478 valence electrons. The Bertz CT molecular complexity index is 2660. The van der Waals surface area contributed by atoms with Gasteiger partial charge in [0.1, 0.15) is 18.0 Å². The van der Waals surface area contributed by atoms with Gasteiger partial charge in [-0.2, -0.15) is 0 Å². The van der Waals surface area contributed by atoms with Crippen LogP contribution in [-0.2, 0) is 57.1 Å². The van der Waals surface area contributed by atoms with E-state index in [1.807, 2.05) is 60.7 Å². The number of hydrogen-bond donors (Lipinski definition) is 2. The molecule has 5 aliphatic rings. The predicted molar refractivity (Wildman–Crippen MR) is 336 cm³/mol. The average molecular weight is 1300 g/mol. The van der Waals surface area contributed by atoms with E-state index in [0.29, 0.717) is 169 Å². The second kappa shape index (κ2) is 37.1. The van der Waals surface area contributed by atoms with E-state index in [1.165, 1.54) is 0 Å². The molecular weight excluding hydrogens is 1210 g/mol. The van der Waals surface area contributed by atoms with Crippen molar-refractivity contribution in [3.05, 3.63) is 102 Å². The summed E-state index contributed by atoms with van der Waals surface area (Å²) in [6.07, 6.45) is 2.19. The molecule has 5 heterocycles. The van der Waals surface area contributed by atoms with Gasteiger partial charge < -0.3 is 58.2 Å². The van der Waals surface area contributed by atoms with E-state index in [2.05, 4.69) is 30.2 Å². The number of hydrogen-bond acceptors (Lipinski definition) is 20. The van der Waals surface area contributed by atoms with Crippen LogP contribution in [0.2, 0.25) is 20.1 Å². The van der Waals surface area contributed by atoms with Crippen molar-refractivity contribution < 1.29 is 61.8 Å². The maximum absolute atomic E-state index is 13.7. The first-order valence-electron chi connectivity index (χ1n) is 29.7. The number of unbranched alkanes of at least 4 members (excludes halogenated alkanes) is 2. The Kier molecular flexibility index (Phi) is 30.6. The number of dihydropyridines is 2. The number of halogens is 4. The first kappa shape index (κ1) is 71.0. The third-order valence-electron chi connectivity index (χ3n) is 15.2. The lowest BCUT2D eigenvalue weighted by Gasteiger charge is -2.35. The topological polar surface area (TPSA) is 188 Å². The number of ether oxygens (including phenoxy) is 9. The van der Waals surface area contributed by atoms with E-state index in [1.54, 1.807) is 43.1 Å². The van der Waals surface area contributed by atoms with Crippen LogP contribution in [0, 0.1) is 11.8 Å². The Balaban J connectivity index is 0.000000275. The molecule has 19 nitrogen and oxygen atoms in total. The summed E-state index contributed by atoms with van der Waals surface area (Å²) in [4.78, 5) is 63.6. The monoisotopic (exact) mass is 1300 g/mol. The quantitative estimate of drug-likeness (QED) is 0.0339. The number of methoxy groups -OCH3 is 1. The third kappa shape index (κ3) is 23.0. The van der Waals surface area contributed by atoms with Gasteiger partial charge in [-0.1, -0.05) is 60.3 Å². The molecule has 2 aromatic carbocycles. The molecule has 86 heavy (non-hydrogen) atoms. The summed E-state index contributed by atoms with van der Waals surface area (Å²) in [7, 11) is 3.66. The summed E-state index contributed by atoms with van der Waals surface area (Å²) in [5, 5.41) is 8.54. The van der Waals surface area contributed by atoms with Crippen LogP contribution in [0.3, 0.4) is 0 Å². The van der Waals surface area contributed by atoms with Gasteiger partial charge in [0.05, 0.1) is 98.4 Å². The summed E-state index contributed by atoms with van der Waals surface area (Å²) in [6, 6.07) is 10.6. The van der Waals surface area contributed by atoms with E-state index in [0.717, 1.165) is 62.9 Å². The lowest BCUT2D eigenvalue weighted by Crippen LogP contribution is -2.48. The van der Waals surface area contributed by atoms with E-state index in [9.17, 15) is 19.2 Å². The fourth-order valence-electron chi connectivity index (χ4n) is 10.8. The minimum atomic E-state index is -0.480. The molecular formula is C62H88Cl4N6O13S. The van der Waals surface area contributed by atoms with Crippen LogP contribution in [0.5, 0.6) is 5.75 Å². The van der Waals surface area contributed by atoms with Gasteiger partial charge in [-0.3, -0.25) is 14.7 Å². The van der Waals surface area contributed by atoms with Crippen molar-refractivity contribution in [1.82, 2.24) is 30.2 Å². The number of thioether (sulfide) groups is 1. The summed E-state index contributed by atoms with van der Waals surface area (Å²) in [5.74, 6) is -1.18. The summed E-state index contributed by atoms with van der Waals surface area (Å²) in [6.45, 7) is 24.5. The molecule has 0 amide bonds. The van der Waals surface area contributed by atoms with Gasteiger partial charge >= 0.3 is 23.9 Å². The third-order valence-corrected chi connectivity index (χ3v) is 17.5.